The number of hydrogen-bond donors (Lipinski definition) is 2. The van der Waals surface area contributed by atoms with Crippen LogP contribution in [-0.4, -0.2) is 17.0 Å². The first-order valence-electron chi connectivity index (χ1n) is 8.46. The number of benzene rings is 2. The third-order valence-electron chi connectivity index (χ3n) is 4.27. The number of carboxylic acid groups (broad SMARTS) is 1. The minimum absolute atomic E-state index is 0.107. The van der Waals surface area contributed by atoms with Gasteiger partial charge >= 0.3 is 12.1 Å². The van der Waals surface area contributed by atoms with Gasteiger partial charge in [0.2, 0.25) is 0 Å². The Kier molecular flexibility index (Phi) is 6.60. The Morgan fingerprint density at radius 1 is 1.00 bits per heavy atom. The number of carbonyl (C=O) groups excluding carboxylic acids is 1. The summed E-state index contributed by atoms with van der Waals surface area (Å²) >= 11 is 0. The van der Waals surface area contributed by atoms with E-state index in [2.05, 4.69) is 5.32 Å². The zero-order chi connectivity index (χ0) is 20.0. The number of amides is 1. The first-order valence-corrected chi connectivity index (χ1v) is 8.46. The van der Waals surface area contributed by atoms with Gasteiger partial charge in [-0.1, -0.05) is 31.2 Å². The largest absolute Gasteiger partial charge is 0.481 e. The molecule has 0 aromatic heterocycles. The SMILES string of the molecule is CCC(Cc1ccc(C(=O)NCc2ccc(C(F)(F)F)cc2)cc1)C(=O)O. The van der Waals surface area contributed by atoms with Crippen molar-refractivity contribution in [3.05, 3.63) is 70.8 Å². The summed E-state index contributed by atoms with van der Waals surface area (Å²) in [5, 5.41) is 11.7. The van der Waals surface area contributed by atoms with E-state index in [1.54, 1.807) is 24.3 Å². The maximum absolute atomic E-state index is 12.5. The summed E-state index contributed by atoms with van der Waals surface area (Å²) in [6.07, 6.45) is -3.48. The second kappa shape index (κ2) is 8.70. The lowest BCUT2D eigenvalue weighted by Gasteiger charge is -2.11. The van der Waals surface area contributed by atoms with Gasteiger partial charge < -0.3 is 10.4 Å². The van der Waals surface area contributed by atoms with Gasteiger partial charge in [-0.15, -0.1) is 0 Å². The second-order valence-electron chi connectivity index (χ2n) is 6.22. The Hall–Kier alpha value is -2.83. The zero-order valence-electron chi connectivity index (χ0n) is 14.7. The lowest BCUT2D eigenvalue weighted by Crippen LogP contribution is -2.23. The van der Waals surface area contributed by atoms with Crippen molar-refractivity contribution in [2.75, 3.05) is 0 Å². The van der Waals surface area contributed by atoms with E-state index in [-0.39, 0.29) is 12.5 Å². The minimum atomic E-state index is -4.39. The number of halogens is 3. The highest BCUT2D eigenvalue weighted by atomic mass is 19.4. The van der Waals surface area contributed by atoms with Crippen LogP contribution in [0.25, 0.3) is 0 Å². The molecule has 0 heterocycles. The van der Waals surface area contributed by atoms with Crippen molar-refractivity contribution >= 4 is 11.9 Å². The molecule has 4 nitrogen and oxygen atoms in total. The molecular weight excluding hydrogens is 359 g/mol. The van der Waals surface area contributed by atoms with Crippen LogP contribution in [0.15, 0.2) is 48.5 Å². The van der Waals surface area contributed by atoms with Gasteiger partial charge in [0.1, 0.15) is 0 Å². The number of rotatable bonds is 7. The van der Waals surface area contributed by atoms with Crippen molar-refractivity contribution in [3.63, 3.8) is 0 Å². The molecule has 0 saturated carbocycles. The first kappa shape index (κ1) is 20.5. The molecule has 0 fully saturated rings. The van der Waals surface area contributed by atoms with Crippen molar-refractivity contribution in [2.24, 2.45) is 5.92 Å². The van der Waals surface area contributed by atoms with Crippen LogP contribution in [0.1, 0.15) is 40.4 Å². The van der Waals surface area contributed by atoms with Crippen molar-refractivity contribution in [3.8, 4) is 0 Å². The highest BCUT2D eigenvalue weighted by Crippen LogP contribution is 2.29. The van der Waals surface area contributed by atoms with Crippen molar-refractivity contribution in [1.29, 1.82) is 0 Å². The number of carboxylic acids is 1. The monoisotopic (exact) mass is 379 g/mol. The standard InChI is InChI=1S/C20H20F3NO3/c1-2-15(19(26)27)11-13-3-7-16(8-4-13)18(25)24-12-14-5-9-17(10-6-14)20(21,22)23/h3-10,15H,2,11-12H2,1H3,(H,24,25)(H,26,27). The summed E-state index contributed by atoms with van der Waals surface area (Å²) < 4.78 is 37.6. The summed E-state index contributed by atoms with van der Waals surface area (Å²) in [4.78, 5) is 23.2. The number of alkyl halides is 3. The molecule has 1 atom stereocenters. The van der Waals surface area contributed by atoms with Crippen LogP contribution >= 0.6 is 0 Å². The molecule has 0 spiro atoms. The highest BCUT2D eigenvalue weighted by Gasteiger charge is 2.29. The third-order valence-corrected chi connectivity index (χ3v) is 4.27. The summed E-state index contributed by atoms with van der Waals surface area (Å²) in [7, 11) is 0. The molecule has 2 aromatic rings. The van der Waals surface area contributed by atoms with Gasteiger partial charge in [-0.3, -0.25) is 9.59 Å². The molecule has 2 aromatic carbocycles. The molecule has 1 unspecified atom stereocenters. The maximum atomic E-state index is 12.5. The second-order valence-corrected chi connectivity index (χ2v) is 6.22. The Labute approximate surface area is 155 Å². The van der Waals surface area contributed by atoms with Gasteiger partial charge in [0.05, 0.1) is 11.5 Å². The lowest BCUT2D eigenvalue weighted by molar-refractivity contribution is -0.141. The first-order chi connectivity index (χ1) is 12.7. The van der Waals surface area contributed by atoms with E-state index in [4.69, 9.17) is 5.11 Å². The van der Waals surface area contributed by atoms with E-state index in [0.717, 1.165) is 17.7 Å². The molecule has 2 rings (SSSR count). The van der Waals surface area contributed by atoms with E-state index < -0.39 is 23.6 Å². The predicted molar refractivity (Wildman–Crippen MR) is 94.2 cm³/mol. The van der Waals surface area contributed by atoms with Crippen molar-refractivity contribution in [1.82, 2.24) is 5.32 Å². The smallest absolute Gasteiger partial charge is 0.416 e. The average molecular weight is 379 g/mol. The summed E-state index contributed by atoms with van der Waals surface area (Å²) in [5.41, 5.74) is 1.04. The van der Waals surface area contributed by atoms with Crippen LogP contribution < -0.4 is 5.32 Å². The predicted octanol–water partition coefficient (Wildman–Crippen LogP) is 4.29. The van der Waals surface area contributed by atoms with Crippen molar-refractivity contribution < 1.29 is 27.9 Å². The summed E-state index contributed by atoms with van der Waals surface area (Å²) in [5.74, 6) is -1.67. The molecule has 0 aliphatic heterocycles. The molecule has 27 heavy (non-hydrogen) atoms. The molecule has 0 aliphatic rings. The van der Waals surface area contributed by atoms with E-state index in [1.165, 1.54) is 12.1 Å². The van der Waals surface area contributed by atoms with Crippen LogP contribution in [0.2, 0.25) is 0 Å². The fraction of sp³-hybridized carbons (Fsp3) is 0.300. The van der Waals surface area contributed by atoms with E-state index in [0.29, 0.717) is 24.0 Å². The molecule has 7 heteroatoms. The quantitative estimate of drug-likeness (QED) is 0.754. The maximum Gasteiger partial charge on any atom is 0.416 e. The van der Waals surface area contributed by atoms with Gasteiger partial charge in [-0.25, -0.2) is 0 Å². The van der Waals surface area contributed by atoms with Crippen LogP contribution in [0.3, 0.4) is 0 Å². The summed E-state index contributed by atoms with van der Waals surface area (Å²) in [6.45, 7) is 1.91. The van der Waals surface area contributed by atoms with E-state index >= 15 is 0 Å². The molecule has 144 valence electrons. The highest BCUT2D eigenvalue weighted by molar-refractivity contribution is 5.94. The molecule has 1 amide bonds. The van der Waals surface area contributed by atoms with Crippen LogP contribution in [0.5, 0.6) is 0 Å². The number of hydrogen-bond acceptors (Lipinski definition) is 2. The minimum Gasteiger partial charge on any atom is -0.481 e. The molecule has 0 bridgehead atoms. The number of aliphatic carboxylic acids is 1. The van der Waals surface area contributed by atoms with Crippen LogP contribution in [0, 0.1) is 5.92 Å². The van der Waals surface area contributed by atoms with Crippen molar-refractivity contribution in [2.45, 2.75) is 32.5 Å². The van der Waals surface area contributed by atoms with E-state index in [1.807, 2.05) is 6.92 Å². The zero-order valence-corrected chi connectivity index (χ0v) is 14.7. The topological polar surface area (TPSA) is 66.4 Å². The molecule has 0 saturated heterocycles. The molecule has 0 radical (unpaired) electrons. The Morgan fingerprint density at radius 2 is 1.56 bits per heavy atom. The number of carbonyl (C=O) groups is 2. The average Bonchev–Trinajstić information content (AvgIpc) is 2.64. The Balaban J connectivity index is 1.93. The van der Waals surface area contributed by atoms with Gasteiger partial charge in [0.25, 0.3) is 5.91 Å². The molecular formula is C20H20F3NO3. The van der Waals surface area contributed by atoms with Crippen LogP contribution in [0.4, 0.5) is 13.2 Å². The lowest BCUT2D eigenvalue weighted by atomic mass is 9.96. The van der Waals surface area contributed by atoms with Gasteiger partial charge in [-0.05, 0) is 48.2 Å². The normalized spacial score (nSPS) is 12.4. The van der Waals surface area contributed by atoms with E-state index in [9.17, 15) is 22.8 Å². The van der Waals surface area contributed by atoms with Gasteiger partial charge in [0.15, 0.2) is 0 Å². The summed E-state index contributed by atoms with van der Waals surface area (Å²) in [6, 6.07) is 11.2. The van der Waals surface area contributed by atoms with Gasteiger partial charge in [0, 0.05) is 12.1 Å². The van der Waals surface area contributed by atoms with Gasteiger partial charge in [-0.2, -0.15) is 13.2 Å². The number of nitrogens with one attached hydrogen (secondary N) is 1. The third kappa shape index (κ3) is 5.84. The molecule has 2 N–H and O–H groups in total. The molecule has 0 aliphatic carbocycles. The Morgan fingerprint density at radius 3 is 2.04 bits per heavy atom. The fourth-order valence-electron chi connectivity index (χ4n) is 2.58. The fourth-order valence-corrected chi connectivity index (χ4v) is 2.58. The van der Waals surface area contributed by atoms with Crippen LogP contribution in [-0.2, 0) is 23.9 Å². The Bertz CT molecular complexity index is 784.